The van der Waals surface area contributed by atoms with E-state index < -0.39 is 0 Å². The molecule has 2 atom stereocenters. The summed E-state index contributed by atoms with van der Waals surface area (Å²) in [4.78, 5) is 11.0. The summed E-state index contributed by atoms with van der Waals surface area (Å²) in [6, 6.07) is 8.51. The number of aryl methyl sites for hydroxylation is 1. The number of hydrogen-bond acceptors (Lipinski definition) is 2. The van der Waals surface area contributed by atoms with Gasteiger partial charge in [0.1, 0.15) is 0 Å². The van der Waals surface area contributed by atoms with Crippen molar-refractivity contribution in [3.63, 3.8) is 0 Å². The number of rotatable bonds is 2. The zero-order valence-electron chi connectivity index (χ0n) is 9.19. The van der Waals surface area contributed by atoms with Crippen molar-refractivity contribution >= 4 is 5.97 Å². The van der Waals surface area contributed by atoms with E-state index in [0.29, 0.717) is 24.9 Å². The summed E-state index contributed by atoms with van der Waals surface area (Å²) in [7, 11) is 0. The summed E-state index contributed by atoms with van der Waals surface area (Å²) >= 11 is 0. The maximum atomic E-state index is 11.0. The first-order valence-corrected chi connectivity index (χ1v) is 5.39. The zero-order chi connectivity index (χ0) is 10.8. The molecule has 1 heterocycles. The van der Waals surface area contributed by atoms with Gasteiger partial charge in [0.25, 0.3) is 0 Å². The molecule has 0 saturated carbocycles. The van der Waals surface area contributed by atoms with Crippen LogP contribution in [0.4, 0.5) is 0 Å². The van der Waals surface area contributed by atoms with Gasteiger partial charge in [-0.25, -0.2) is 0 Å². The Morgan fingerprint density at radius 1 is 1.33 bits per heavy atom. The Kier molecular flexibility index (Phi) is 2.76. The zero-order valence-corrected chi connectivity index (χ0v) is 9.19. The first kappa shape index (κ1) is 10.2. The third-order valence-electron chi connectivity index (χ3n) is 3.20. The van der Waals surface area contributed by atoms with Crippen LogP contribution >= 0.6 is 0 Å². The SMILES string of the molecule is Cc1ccc([C@H](C)[C@@H]2COC(=O)C2)cc1. The van der Waals surface area contributed by atoms with Crippen LogP contribution in [0.25, 0.3) is 0 Å². The summed E-state index contributed by atoms with van der Waals surface area (Å²) < 4.78 is 4.99. The highest BCUT2D eigenvalue weighted by molar-refractivity contribution is 5.71. The van der Waals surface area contributed by atoms with E-state index in [0.717, 1.165) is 0 Å². The molecule has 80 valence electrons. The van der Waals surface area contributed by atoms with Gasteiger partial charge in [-0.15, -0.1) is 0 Å². The van der Waals surface area contributed by atoms with E-state index in [4.69, 9.17) is 4.74 Å². The Morgan fingerprint density at radius 3 is 2.53 bits per heavy atom. The average Bonchev–Trinajstić information content (AvgIpc) is 2.65. The number of esters is 1. The number of benzene rings is 1. The lowest BCUT2D eigenvalue weighted by molar-refractivity contribution is -0.137. The number of carbonyl (C=O) groups excluding carboxylic acids is 1. The van der Waals surface area contributed by atoms with E-state index in [9.17, 15) is 4.79 Å². The molecule has 0 amide bonds. The molecule has 1 fully saturated rings. The second-order valence-electron chi connectivity index (χ2n) is 4.35. The Morgan fingerprint density at radius 2 is 2.00 bits per heavy atom. The lowest BCUT2D eigenvalue weighted by Gasteiger charge is -2.16. The highest BCUT2D eigenvalue weighted by Crippen LogP contribution is 2.30. The van der Waals surface area contributed by atoms with Crippen LogP contribution in [-0.4, -0.2) is 12.6 Å². The lowest BCUT2D eigenvalue weighted by Crippen LogP contribution is -2.09. The predicted molar refractivity (Wildman–Crippen MR) is 58.7 cm³/mol. The Hall–Kier alpha value is -1.31. The molecule has 0 unspecified atom stereocenters. The third kappa shape index (κ3) is 2.20. The molecular formula is C13H16O2. The Labute approximate surface area is 90.3 Å². The average molecular weight is 204 g/mol. The molecule has 2 nitrogen and oxygen atoms in total. The van der Waals surface area contributed by atoms with Crippen molar-refractivity contribution in [3.8, 4) is 0 Å². The van der Waals surface area contributed by atoms with Crippen LogP contribution in [0.15, 0.2) is 24.3 Å². The maximum Gasteiger partial charge on any atom is 0.306 e. The first-order chi connectivity index (χ1) is 7.16. The highest BCUT2D eigenvalue weighted by atomic mass is 16.5. The Bertz CT molecular complexity index is 353. The van der Waals surface area contributed by atoms with Crippen molar-refractivity contribution in [2.75, 3.05) is 6.61 Å². The van der Waals surface area contributed by atoms with Gasteiger partial charge in [0, 0.05) is 5.92 Å². The summed E-state index contributed by atoms with van der Waals surface area (Å²) in [6.07, 6.45) is 0.565. The molecule has 2 rings (SSSR count). The maximum absolute atomic E-state index is 11.0. The summed E-state index contributed by atoms with van der Waals surface area (Å²) in [5, 5.41) is 0. The molecule has 0 aromatic heterocycles. The van der Waals surface area contributed by atoms with Gasteiger partial charge in [0.2, 0.25) is 0 Å². The quantitative estimate of drug-likeness (QED) is 0.692. The minimum atomic E-state index is -0.0565. The van der Waals surface area contributed by atoms with Crippen molar-refractivity contribution in [1.82, 2.24) is 0 Å². The fraction of sp³-hybridized carbons (Fsp3) is 0.462. The van der Waals surface area contributed by atoms with Crippen molar-refractivity contribution < 1.29 is 9.53 Å². The van der Waals surface area contributed by atoms with Crippen LogP contribution in [0, 0.1) is 12.8 Å². The van der Waals surface area contributed by atoms with Crippen LogP contribution in [0.1, 0.15) is 30.4 Å². The lowest BCUT2D eigenvalue weighted by atomic mass is 9.87. The predicted octanol–water partition coefficient (Wildman–Crippen LogP) is 2.66. The van der Waals surface area contributed by atoms with Gasteiger partial charge in [-0.05, 0) is 18.4 Å². The van der Waals surface area contributed by atoms with Crippen LogP contribution in [0.2, 0.25) is 0 Å². The molecular weight excluding hydrogens is 188 g/mol. The second-order valence-corrected chi connectivity index (χ2v) is 4.35. The standard InChI is InChI=1S/C13H16O2/c1-9-3-5-11(6-4-9)10(2)12-7-13(14)15-8-12/h3-6,10,12H,7-8H2,1-2H3/t10-,12-/m0/s1. The third-order valence-corrected chi connectivity index (χ3v) is 3.20. The molecule has 1 saturated heterocycles. The minimum Gasteiger partial charge on any atom is -0.465 e. The van der Waals surface area contributed by atoms with E-state index in [1.165, 1.54) is 11.1 Å². The molecule has 1 aliphatic heterocycles. The fourth-order valence-electron chi connectivity index (χ4n) is 2.00. The van der Waals surface area contributed by atoms with Gasteiger partial charge in [-0.2, -0.15) is 0 Å². The van der Waals surface area contributed by atoms with Gasteiger partial charge < -0.3 is 4.74 Å². The fourth-order valence-corrected chi connectivity index (χ4v) is 2.00. The van der Waals surface area contributed by atoms with Crippen molar-refractivity contribution in [3.05, 3.63) is 35.4 Å². The van der Waals surface area contributed by atoms with Crippen molar-refractivity contribution in [2.45, 2.75) is 26.2 Å². The summed E-state index contributed by atoms with van der Waals surface area (Å²) in [5.74, 6) is 0.691. The van der Waals surface area contributed by atoms with Crippen LogP contribution < -0.4 is 0 Å². The summed E-state index contributed by atoms with van der Waals surface area (Å²) in [6.45, 7) is 4.82. The molecule has 0 spiro atoms. The van der Waals surface area contributed by atoms with E-state index in [1.54, 1.807) is 0 Å². The van der Waals surface area contributed by atoms with Gasteiger partial charge in [-0.1, -0.05) is 36.8 Å². The number of carbonyl (C=O) groups is 1. The number of hydrogen-bond donors (Lipinski definition) is 0. The molecule has 2 heteroatoms. The monoisotopic (exact) mass is 204 g/mol. The molecule has 1 aromatic rings. The van der Waals surface area contributed by atoms with E-state index in [2.05, 4.69) is 38.1 Å². The number of ether oxygens (including phenoxy) is 1. The van der Waals surface area contributed by atoms with Crippen molar-refractivity contribution in [1.29, 1.82) is 0 Å². The van der Waals surface area contributed by atoms with Crippen LogP contribution in [0.5, 0.6) is 0 Å². The topological polar surface area (TPSA) is 26.3 Å². The smallest absolute Gasteiger partial charge is 0.306 e. The molecule has 0 N–H and O–H groups in total. The molecule has 0 aliphatic carbocycles. The van der Waals surface area contributed by atoms with Crippen molar-refractivity contribution in [2.24, 2.45) is 5.92 Å². The van der Waals surface area contributed by atoms with Gasteiger partial charge in [0.05, 0.1) is 13.0 Å². The van der Waals surface area contributed by atoms with Gasteiger partial charge >= 0.3 is 5.97 Å². The number of cyclic esters (lactones) is 1. The molecule has 1 aliphatic rings. The largest absolute Gasteiger partial charge is 0.465 e. The molecule has 15 heavy (non-hydrogen) atoms. The molecule has 1 aromatic carbocycles. The van der Waals surface area contributed by atoms with Crippen LogP contribution in [-0.2, 0) is 9.53 Å². The Balaban J connectivity index is 2.10. The van der Waals surface area contributed by atoms with E-state index in [1.807, 2.05) is 0 Å². The normalized spacial score (nSPS) is 22.5. The second kappa shape index (κ2) is 4.05. The molecule has 0 radical (unpaired) electrons. The molecule has 0 bridgehead atoms. The van der Waals surface area contributed by atoms with Gasteiger partial charge in [0.15, 0.2) is 0 Å². The minimum absolute atomic E-state index is 0.0565. The summed E-state index contributed by atoms with van der Waals surface area (Å²) in [5.41, 5.74) is 2.56. The van der Waals surface area contributed by atoms with Gasteiger partial charge in [-0.3, -0.25) is 4.79 Å². The van der Waals surface area contributed by atoms with E-state index in [-0.39, 0.29) is 5.97 Å². The van der Waals surface area contributed by atoms with E-state index >= 15 is 0 Å². The highest BCUT2D eigenvalue weighted by Gasteiger charge is 2.29. The first-order valence-electron chi connectivity index (χ1n) is 5.39. The van der Waals surface area contributed by atoms with Crippen LogP contribution in [0.3, 0.4) is 0 Å².